The zero-order valence-electron chi connectivity index (χ0n) is 9.85. The lowest BCUT2D eigenvalue weighted by molar-refractivity contribution is -0.146. The average Bonchev–Trinajstić information content (AvgIpc) is 2.29. The Balaban J connectivity index is 3.68. The minimum Gasteiger partial charge on any atom is -0.459 e. The maximum atomic E-state index is 11.1. The highest BCUT2D eigenvalue weighted by atomic mass is 16.6. The Kier molecular flexibility index (Phi) is 8.02. The molecule has 0 saturated carbocycles. The number of rotatable bonds is 7. The van der Waals surface area contributed by atoms with Gasteiger partial charge < -0.3 is 9.47 Å². The molecule has 0 heterocycles. The first-order chi connectivity index (χ1) is 8.07. The smallest absolute Gasteiger partial charge is 0.333 e. The van der Waals surface area contributed by atoms with E-state index in [1.54, 1.807) is 25.2 Å². The second-order valence-electron chi connectivity index (χ2n) is 3.06. The molecule has 0 amide bonds. The van der Waals surface area contributed by atoms with Crippen molar-refractivity contribution >= 4 is 11.9 Å². The predicted octanol–water partition coefficient (Wildman–Crippen LogP) is 1.95. The number of carbonyl (C=O) groups is 2. The first kappa shape index (κ1) is 14.9. The van der Waals surface area contributed by atoms with Crippen molar-refractivity contribution in [2.75, 3.05) is 13.2 Å². The van der Waals surface area contributed by atoms with Gasteiger partial charge in [-0.15, -0.1) is 0 Å². The van der Waals surface area contributed by atoms with Crippen molar-refractivity contribution in [1.29, 1.82) is 0 Å². The van der Waals surface area contributed by atoms with E-state index in [0.717, 1.165) is 0 Å². The molecule has 0 aromatic carbocycles. The molecule has 4 nitrogen and oxygen atoms in total. The largest absolute Gasteiger partial charge is 0.459 e. The molecule has 0 saturated heterocycles. The molecule has 0 radical (unpaired) electrons. The molecule has 0 fully saturated rings. The van der Waals surface area contributed by atoms with E-state index in [1.807, 2.05) is 0 Å². The fourth-order valence-corrected chi connectivity index (χ4v) is 0.725. The summed E-state index contributed by atoms with van der Waals surface area (Å²) in [5, 5.41) is 0. The van der Waals surface area contributed by atoms with Crippen LogP contribution < -0.4 is 0 Å². The van der Waals surface area contributed by atoms with E-state index in [0.29, 0.717) is 5.57 Å². The van der Waals surface area contributed by atoms with Gasteiger partial charge in [0.05, 0.1) is 0 Å². The lowest BCUT2D eigenvalue weighted by Crippen LogP contribution is -2.12. The van der Waals surface area contributed by atoms with Crippen molar-refractivity contribution in [2.24, 2.45) is 0 Å². The van der Waals surface area contributed by atoms with Gasteiger partial charge in [0.15, 0.2) is 0 Å². The fourth-order valence-electron chi connectivity index (χ4n) is 0.725. The van der Waals surface area contributed by atoms with Crippen LogP contribution in [0.3, 0.4) is 0 Å². The summed E-state index contributed by atoms with van der Waals surface area (Å²) in [6, 6.07) is 0. The van der Waals surface area contributed by atoms with E-state index in [1.165, 1.54) is 12.2 Å². The third kappa shape index (κ3) is 8.87. The normalized spacial score (nSPS) is 10.4. The number of carbonyl (C=O) groups excluding carboxylic acids is 2. The van der Waals surface area contributed by atoms with Gasteiger partial charge in [0, 0.05) is 11.6 Å². The van der Waals surface area contributed by atoms with E-state index in [4.69, 9.17) is 9.47 Å². The molecule has 0 N–H and O–H groups in total. The van der Waals surface area contributed by atoms with Gasteiger partial charge in [-0.1, -0.05) is 37.5 Å². The Morgan fingerprint density at radius 2 is 1.76 bits per heavy atom. The molecule has 0 aliphatic heterocycles. The number of hydrogen-bond acceptors (Lipinski definition) is 4. The van der Waals surface area contributed by atoms with E-state index < -0.39 is 11.9 Å². The highest BCUT2D eigenvalue weighted by Gasteiger charge is 2.03. The van der Waals surface area contributed by atoms with E-state index in [2.05, 4.69) is 13.2 Å². The first-order valence-electron chi connectivity index (χ1n) is 5.03. The summed E-state index contributed by atoms with van der Waals surface area (Å²) in [7, 11) is 0. The van der Waals surface area contributed by atoms with Crippen LogP contribution in [0.4, 0.5) is 0 Å². The van der Waals surface area contributed by atoms with Crippen LogP contribution in [0.5, 0.6) is 0 Å². The standard InChI is InChI=1S/C13H16O4/c1-4-5-6-7-8-12(14)16-9-10-17-13(15)11(2)3/h4-8H,1-2,9-10H2,3H3/b6-5+,8-7+. The van der Waals surface area contributed by atoms with Gasteiger partial charge in [-0.3, -0.25) is 0 Å². The van der Waals surface area contributed by atoms with Crippen LogP contribution in [-0.4, -0.2) is 25.2 Å². The van der Waals surface area contributed by atoms with E-state index >= 15 is 0 Å². The third-order valence-electron chi connectivity index (χ3n) is 1.50. The summed E-state index contributed by atoms with van der Waals surface area (Å²) in [5.41, 5.74) is 0.311. The van der Waals surface area contributed by atoms with Gasteiger partial charge >= 0.3 is 11.9 Å². The summed E-state index contributed by atoms with van der Waals surface area (Å²) >= 11 is 0. The number of esters is 2. The van der Waals surface area contributed by atoms with Crippen molar-refractivity contribution in [1.82, 2.24) is 0 Å². The van der Waals surface area contributed by atoms with Crippen LogP contribution in [0.15, 0.2) is 49.1 Å². The second kappa shape index (κ2) is 9.15. The van der Waals surface area contributed by atoms with Gasteiger partial charge in [0.2, 0.25) is 0 Å². The molecule has 4 heteroatoms. The van der Waals surface area contributed by atoms with Gasteiger partial charge in [-0.25, -0.2) is 9.59 Å². The fraction of sp³-hybridized carbons (Fsp3) is 0.231. The number of ether oxygens (including phenoxy) is 2. The highest BCUT2D eigenvalue weighted by Crippen LogP contribution is 1.92. The molecule has 0 atom stereocenters. The minimum absolute atomic E-state index is 0.0212. The van der Waals surface area contributed by atoms with Gasteiger partial charge in [0.1, 0.15) is 13.2 Å². The van der Waals surface area contributed by atoms with E-state index in [-0.39, 0.29) is 13.2 Å². The van der Waals surface area contributed by atoms with Crippen molar-refractivity contribution in [3.8, 4) is 0 Å². The molecule has 0 spiro atoms. The summed E-state index contributed by atoms with van der Waals surface area (Å²) in [5.74, 6) is -0.990. The highest BCUT2D eigenvalue weighted by molar-refractivity contribution is 5.87. The summed E-state index contributed by atoms with van der Waals surface area (Å²) in [6.45, 7) is 8.48. The van der Waals surface area contributed by atoms with Crippen molar-refractivity contribution in [3.05, 3.63) is 49.1 Å². The van der Waals surface area contributed by atoms with Gasteiger partial charge in [-0.05, 0) is 6.92 Å². The zero-order valence-corrected chi connectivity index (χ0v) is 9.85. The molecule has 92 valence electrons. The Morgan fingerprint density at radius 3 is 2.35 bits per heavy atom. The van der Waals surface area contributed by atoms with Crippen LogP contribution in [0.2, 0.25) is 0 Å². The Bertz CT molecular complexity index is 350. The molecule has 0 bridgehead atoms. The molecule has 0 aromatic rings. The van der Waals surface area contributed by atoms with Crippen LogP contribution in [-0.2, 0) is 19.1 Å². The maximum Gasteiger partial charge on any atom is 0.333 e. The van der Waals surface area contributed by atoms with Crippen molar-refractivity contribution < 1.29 is 19.1 Å². The van der Waals surface area contributed by atoms with Crippen LogP contribution in [0.1, 0.15) is 6.92 Å². The zero-order chi connectivity index (χ0) is 13.1. The molecule has 0 aliphatic rings. The molecule has 0 aromatic heterocycles. The monoisotopic (exact) mass is 236 g/mol. The third-order valence-corrected chi connectivity index (χ3v) is 1.50. The van der Waals surface area contributed by atoms with Gasteiger partial charge in [0.25, 0.3) is 0 Å². The van der Waals surface area contributed by atoms with Crippen molar-refractivity contribution in [2.45, 2.75) is 6.92 Å². The van der Waals surface area contributed by atoms with Crippen LogP contribution in [0.25, 0.3) is 0 Å². The van der Waals surface area contributed by atoms with E-state index in [9.17, 15) is 9.59 Å². The lowest BCUT2D eigenvalue weighted by Gasteiger charge is -2.03. The Hall–Kier alpha value is -2.10. The molecule has 0 rings (SSSR count). The van der Waals surface area contributed by atoms with Gasteiger partial charge in [-0.2, -0.15) is 0 Å². The second-order valence-corrected chi connectivity index (χ2v) is 3.06. The average molecular weight is 236 g/mol. The molecule has 0 unspecified atom stereocenters. The summed E-state index contributed by atoms with van der Waals surface area (Å²) < 4.78 is 9.49. The Morgan fingerprint density at radius 1 is 1.12 bits per heavy atom. The number of allylic oxidation sites excluding steroid dienone is 4. The predicted molar refractivity (Wildman–Crippen MR) is 65.2 cm³/mol. The number of hydrogen-bond donors (Lipinski definition) is 0. The summed E-state index contributed by atoms with van der Waals surface area (Å²) in [4.78, 5) is 22.0. The lowest BCUT2D eigenvalue weighted by atomic mass is 10.4. The maximum absolute atomic E-state index is 11.1. The Labute approximate surface area is 101 Å². The van der Waals surface area contributed by atoms with Crippen LogP contribution >= 0.6 is 0 Å². The van der Waals surface area contributed by atoms with Crippen molar-refractivity contribution in [3.63, 3.8) is 0 Å². The topological polar surface area (TPSA) is 52.6 Å². The quantitative estimate of drug-likeness (QED) is 0.293. The first-order valence-corrected chi connectivity index (χ1v) is 5.03. The SMILES string of the molecule is C=C/C=C/C=C/C(=O)OCCOC(=O)C(=C)C. The molecular formula is C13H16O4. The minimum atomic E-state index is -0.495. The summed E-state index contributed by atoms with van der Waals surface area (Å²) in [6.07, 6.45) is 7.71. The molecular weight excluding hydrogens is 220 g/mol. The molecule has 0 aliphatic carbocycles. The molecule has 17 heavy (non-hydrogen) atoms. The van der Waals surface area contributed by atoms with Crippen LogP contribution in [0, 0.1) is 0 Å².